The van der Waals surface area contributed by atoms with E-state index in [0.717, 1.165) is 17.0 Å². The average molecular weight is 413 g/mol. The summed E-state index contributed by atoms with van der Waals surface area (Å²) in [6.07, 6.45) is 1.79. The highest BCUT2D eigenvalue weighted by molar-refractivity contribution is 7.99. The van der Waals surface area contributed by atoms with E-state index in [2.05, 4.69) is 22.1 Å². The standard InChI is InChI=1S/C21H21ClN4OS/c1-4-11-26-20(16-8-5-14(2)6-9-16)24-25-21(26)28-13-19(27)23-18-12-17(22)10-7-15(18)3/h4-10,12H,1,11,13H2,2-3H3,(H,23,27). The second kappa shape index (κ2) is 9.08. The van der Waals surface area contributed by atoms with Crippen molar-refractivity contribution in [1.82, 2.24) is 14.8 Å². The predicted octanol–water partition coefficient (Wildman–Crippen LogP) is 5.13. The second-order valence-electron chi connectivity index (χ2n) is 6.37. The minimum atomic E-state index is -0.125. The van der Waals surface area contributed by atoms with Gasteiger partial charge < -0.3 is 5.32 Å². The molecule has 3 aromatic rings. The van der Waals surface area contributed by atoms with Crippen molar-refractivity contribution >= 4 is 35.0 Å². The van der Waals surface area contributed by atoms with Gasteiger partial charge in [-0.1, -0.05) is 65.3 Å². The Morgan fingerprint density at radius 1 is 1.21 bits per heavy atom. The van der Waals surface area contributed by atoms with Gasteiger partial charge in [-0.15, -0.1) is 16.8 Å². The molecule has 28 heavy (non-hydrogen) atoms. The van der Waals surface area contributed by atoms with Crippen LogP contribution in [0, 0.1) is 13.8 Å². The summed E-state index contributed by atoms with van der Waals surface area (Å²) in [5, 5.41) is 12.7. The zero-order valence-electron chi connectivity index (χ0n) is 15.8. The first-order chi connectivity index (χ1) is 13.5. The van der Waals surface area contributed by atoms with Crippen LogP contribution in [0.15, 0.2) is 60.3 Å². The number of carbonyl (C=O) groups excluding carboxylic acids is 1. The molecule has 0 fully saturated rings. The normalized spacial score (nSPS) is 10.7. The largest absolute Gasteiger partial charge is 0.325 e. The number of rotatable bonds is 7. The minimum absolute atomic E-state index is 0.125. The number of nitrogens with zero attached hydrogens (tertiary/aromatic N) is 3. The molecule has 0 saturated carbocycles. The molecule has 1 aromatic heterocycles. The van der Waals surface area contributed by atoms with Crippen LogP contribution in [-0.2, 0) is 11.3 Å². The maximum atomic E-state index is 12.4. The molecular weight excluding hydrogens is 392 g/mol. The number of anilines is 1. The highest BCUT2D eigenvalue weighted by atomic mass is 35.5. The Kier molecular flexibility index (Phi) is 6.54. The van der Waals surface area contributed by atoms with E-state index in [1.165, 1.54) is 17.3 Å². The van der Waals surface area contributed by atoms with E-state index >= 15 is 0 Å². The summed E-state index contributed by atoms with van der Waals surface area (Å²) in [6.45, 7) is 8.35. The maximum Gasteiger partial charge on any atom is 0.234 e. The summed E-state index contributed by atoms with van der Waals surface area (Å²) in [4.78, 5) is 12.4. The molecule has 1 heterocycles. The fourth-order valence-corrected chi connectivity index (χ4v) is 3.57. The lowest BCUT2D eigenvalue weighted by Gasteiger charge is -2.10. The summed E-state index contributed by atoms with van der Waals surface area (Å²) < 4.78 is 1.96. The number of allylic oxidation sites excluding steroid dienone is 1. The summed E-state index contributed by atoms with van der Waals surface area (Å²) in [5.41, 5.74) is 3.83. The lowest BCUT2D eigenvalue weighted by atomic mass is 10.1. The summed E-state index contributed by atoms with van der Waals surface area (Å²) in [7, 11) is 0. The third-order valence-corrected chi connectivity index (χ3v) is 5.35. The van der Waals surface area contributed by atoms with Crippen LogP contribution in [0.25, 0.3) is 11.4 Å². The first kappa shape index (κ1) is 20.2. The van der Waals surface area contributed by atoms with Crippen LogP contribution in [0.3, 0.4) is 0 Å². The molecular formula is C21H21ClN4OS. The summed E-state index contributed by atoms with van der Waals surface area (Å²) in [5.74, 6) is 0.851. The van der Waals surface area contributed by atoms with E-state index in [4.69, 9.17) is 11.6 Å². The number of carbonyl (C=O) groups is 1. The molecule has 0 spiro atoms. The van der Waals surface area contributed by atoms with Gasteiger partial charge in [-0.2, -0.15) is 0 Å². The molecule has 5 nitrogen and oxygen atoms in total. The third kappa shape index (κ3) is 4.82. The van der Waals surface area contributed by atoms with E-state index in [1.807, 2.05) is 48.7 Å². The van der Waals surface area contributed by atoms with Crippen molar-refractivity contribution < 1.29 is 4.79 Å². The Balaban J connectivity index is 1.73. The number of nitrogens with one attached hydrogen (secondary N) is 1. The van der Waals surface area contributed by atoms with Gasteiger partial charge in [-0.05, 0) is 31.5 Å². The molecule has 2 aromatic carbocycles. The van der Waals surface area contributed by atoms with E-state index in [-0.39, 0.29) is 11.7 Å². The van der Waals surface area contributed by atoms with E-state index in [9.17, 15) is 4.79 Å². The van der Waals surface area contributed by atoms with Gasteiger partial charge >= 0.3 is 0 Å². The van der Waals surface area contributed by atoms with Crippen LogP contribution in [0.2, 0.25) is 5.02 Å². The Labute approximate surface area is 173 Å². The molecule has 0 atom stereocenters. The van der Waals surface area contributed by atoms with Gasteiger partial charge in [0.2, 0.25) is 5.91 Å². The number of amides is 1. The highest BCUT2D eigenvalue weighted by Gasteiger charge is 2.15. The molecule has 0 unspecified atom stereocenters. The fourth-order valence-electron chi connectivity index (χ4n) is 2.65. The van der Waals surface area contributed by atoms with Crippen LogP contribution in [0.5, 0.6) is 0 Å². The number of aryl methyl sites for hydroxylation is 2. The van der Waals surface area contributed by atoms with Crippen molar-refractivity contribution in [2.24, 2.45) is 0 Å². The second-order valence-corrected chi connectivity index (χ2v) is 7.75. The van der Waals surface area contributed by atoms with Crippen molar-refractivity contribution in [1.29, 1.82) is 0 Å². The predicted molar refractivity (Wildman–Crippen MR) is 116 cm³/mol. The number of aromatic nitrogens is 3. The zero-order valence-corrected chi connectivity index (χ0v) is 17.3. The smallest absolute Gasteiger partial charge is 0.234 e. The van der Waals surface area contributed by atoms with E-state index < -0.39 is 0 Å². The van der Waals surface area contributed by atoms with Crippen molar-refractivity contribution in [2.75, 3.05) is 11.1 Å². The number of hydrogen-bond acceptors (Lipinski definition) is 4. The van der Waals surface area contributed by atoms with Crippen molar-refractivity contribution in [3.05, 3.63) is 71.3 Å². The number of thioether (sulfide) groups is 1. The Bertz CT molecular complexity index is 998. The van der Waals surface area contributed by atoms with Crippen molar-refractivity contribution in [3.63, 3.8) is 0 Å². The average Bonchev–Trinajstić information content (AvgIpc) is 3.07. The lowest BCUT2D eigenvalue weighted by molar-refractivity contribution is -0.113. The van der Waals surface area contributed by atoms with Crippen LogP contribution in [0.1, 0.15) is 11.1 Å². The zero-order chi connectivity index (χ0) is 20.1. The maximum absolute atomic E-state index is 12.4. The van der Waals surface area contributed by atoms with Gasteiger partial charge in [0.25, 0.3) is 0 Å². The summed E-state index contributed by atoms with van der Waals surface area (Å²) >= 11 is 7.35. The molecule has 144 valence electrons. The van der Waals surface area contributed by atoms with Crippen LogP contribution in [0.4, 0.5) is 5.69 Å². The molecule has 3 rings (SSSR count). The number of hydrogen-bond donors (Lipinski definition) is 1. The lowest BCUT2D eigenvalue weighted by Crippen LogP contribution is -2.15. The SMILES string of the molecule is C=CCn1c(SCC(=O)Nc2cc(Cl)ccc2C)nnc1-c1ccc(C)cc1. The third-order valence-electron chi connectivity index (χ3n) is 4.14. The molecule has 1 N–H and O–H groups in total. The van der Waals surface area contributed by atoms with E-state index in [0.29, 0.717) is 22.4 Å². The molecule has 1 amide bonds. The molecule has 7 heteroatoms. The number of benzene rings is 2. The van der Waals surface area contributed by atoms with Crippen LogP contribution < -0.4 is 5.32 Å². The summed E-state index contributed by atoms with van der Waals surface area (Å²) in [6, 6.07) is 13.5. The Hall–Kier alpha value is -2.57. The van der Waals surface area contributed by atoms with Gasteiger partial charge in [0.1, 0.15) is 0 Å². The fraction of sp³-hybridized carbons (Fsp3) is 0.190. The van der Waals surface area contributed by atoms with Crippen molar-refractivity contribution in [3.8, 4) is 11.4 Å². The molecule has 0 bridgehead atoms. The molecule has 0 saturated heterocycles. The van der Waals surface area contributed by atoms with Crippen LogP contribution in [-0.4, -0.2) is 26.4 Å². The Morgan fingerprint density at radius 3 is 2.68 bits per heavy atom. The minimum Gasteiger partial charge on any atom is -0.325 e. The first-order valence-corrected chi connectivity index (χ1v) is 10.1. The van der Waals surface area contributed by atoms with E-state index in [1.54, 1.807) is 18.2 Å². The van der Waals surface area contributed by atoms with Crippen LogP contribution >= 0.6 is 23.4 Å². The highest BCUT2D eigenvalue weighted by Crippen LogP contribution is 2.25. The van der Waals surface area contributed by atoms with Crippen molar-refractivity contribution in [2.45, 2.75) is 25.5 Å². The quantitative estimate of drug-likeness (QED) is 0.431. The molecule has 0 radical (unpaired) electrons. The molecule has 0 aliphatic rings. The van der Waals surface area contributed by atoms with Gasteiger partial charge in [0, 0.05) is 22.8 Å². The topological polar surface area (TPSA) is 59.8 Å². The van der Waals surface area contributed by atoms with Gasteiger partial charge in [-0.3, -0.25) is 9.36 Å². The molecule has 0 aliphatic carbocycles. The first-order valence-electron chi connectivity index (χ1n) is 8.78. The molecule has 0 aliphatic heterocycles. The number of halogens is 1. The monoisotopic (exact) mass is 412 g/mol. The Morgan fingerprint density at radius 2 is 1.96 bits per heavy atom. The van der Waals surface area contributed by atoms with Gasteiger partial charge in [0.15, 0.2) is 11.0 Å². The van der Waals surface area contributed by atoms with Gasteiger partial charge in [0.05, 0.1) is 5.75 Å². The van der Waals surface area contributed by atoms with Gasteiger partial charge in [-0.25, -0.2) is 0 Å².